The van der Waals surface area contributed by atoms with Crippen LogP contribution < -0.4 is 0 Å². The van der Waals surface area contributed by atoms with Crippen molar-refractivity contribution in [2.24, 2.45) is 0 Å². The van der Waals surface area contributed by atoms with Gasteiger partial charge in [0.25, 0.3) is 0 Å². The molecule has 0 aliphatic carbocycles. The Morgan fingerprint density at radius 3 is 1.03 bits per heavy atom. The number of benzene rings is 11. The molecule has 0 spiro atoms. The van der Waals surface area contributed by atoms with E-state index in [9.17, 15) is 0 Å². The summed E-state index contributed by atoms with van der Waals surface area (Å²) in [4.78, 5) is 15.5. The fourth-order valence-corrected chi connectivity index (χ4v) is 11.2. The van der Waals surface area contributed by atoms with Crippen molar-refractivity contribution in [3.63, 3.8) is 0 Å². The summed E-state index contributed by atoms with van der Waals surface area (Å²) >= 11 is 1.86. The first-order chi connectivity index (χ1) is 32.2. The van der Waals surface area contributed by atoms with E-state index in [1.165, 1.54) is 75.1 Å². The molecule has 0 aliphatic rings. The Labute approximate surface area is 379 Å². The van der Waals surface area contributed by atoms with Gasteiger partial charge in [-0.3, -0.25) is 0 Å². The van der Waals surface area contributed by atoms with Crippen molar-refractivity contribution in [1.82, 2.24) is 15.0 Å². The third-order valence-corrected chi connectivity index (χ3v) is 14.0. The lowest BCUT2D eigenvalue weighted by Crippen LogP contribution is -2.01. The van der Waals surface area contributed by atoms with Crippen LogP contribution in [0.1, 0.15) is 0 Å². The molecule has 0 saturated heterocycles. The van der Waals surface area contributed by atoms with Gasteiger partial charge in [-0.15, -0.1) is 11.3 Å². The van der Waals surface area contributed by atoms with Gasteiger partial charge in [0.2, 0.25) is 0 Å². The second-order valence-corrected chi connectivity index (χ2v) is 17.7. The fraction of sp³-hybridized carbons (Fsp3) is 0. The van der Waals surface area contributed by atoms with E-state index in [1.54, 1.807) is 0 Å². The Bertz CT molecular complexity index is 3820. The molecule has 65 heavy (non-hydrogen) atoms. The Morgan fingerprint density at radius 2 is 0.569 bits per heavy atom. The minimum atomic E-state index is 0.649. The lowest BCUT2D eigenvalue weighted by Gasteiger charge is -2.18. The number of aromatic nitrogens is 3. The summed E-state index contributed by atoms with van der Waals surface area (Å²) in [7, 11) is 0. The van der Waals surface area contributed by atoms with Crippen molar-refractivity contribution in [2.75, 3.05) is 0 Å². The average molecular weight is 844 g/mol. The summed E-state index contributed by atoms with van der Waals surface area (Å²) < 4.78 is 2.54. The maximum absolute atomic E-state index is 5.23. The van der Waals surface area contributed by atoms with E-state index in [2.05, 4.69) is 188 Å². The van der Waals surface area contributed by atoms with Gasteiger partial charge in [-0.05, 0) is 94.7 Å². The molecule has 0 radical (unpaired) electrons. The summed E-state index contributed by atoms with van der Waals surface area (Å²) in [6.45, 7) is 0. The largest absolute Gasteiger partial charge is 0.208 e. The number of fused-ring (bicyclic) bond motifs is 7. The molecule has 13 rings (SSSR count). The normalized spacial score (nSPS) is 11.7. The molecule has 2 aromatic heterocycles. The highest BCUT2D eigenvalue weighted by molar-refractivity contribution is 7.25. The average Bonchev–Trinajstić information content (AvgIpc) is 3.75. The number of hydrogen-bond acceptors (Lipinski definition) is 4. The summed E-state index contributed by atoms with van der Waals surface area (Å²) in [6, 6.07) is 80.6. The van der Waals surface area contributed by atoms with Gasteiger partial charge in [0.1, 0.15) is 0 Å². The van der Waals surface area contributed by atoms with Crippen molar-refractivity contribution in [3.8, 4) is 67.5 Å². The molecule has 13 aromatic rings. The second kappa shape index (κ2) is 15.2. The molecule has 0 bridgehead atoms. The van der Waals surface area contributed by atoms with Crippen LogP contribution in [0.15, 0.2) is 224 Å². The van der Waals surface area contributed by atoms with Crippen LogP contribution in [0.4, 0.5) is 0 Å². The molecule has 0 N–H and O–H groups in total. The van der Waals surface area contributed by atoms with E-state index in [4.69, 9.17) is 15.0 Å². The van der Waals surface area contributed by atoms with Gasteiger partial charge < -0.3 is 0 Å². The first-order valence-corrected chi connectivity index (χ1v) is 22.8. The first kappa shape index (κ1) is 37.3. The van der Waals surface area contributed by atoms with E-state index < -0.39 is 0 Å². The molecular weight excluding hydrogens is 807 g/mol. The third-order valence-electron chi connectivity index (χ3n) is 12.9. The Hall–Kier alpha value is -8.31. The first-order valence-electron chi connectivity index (χ1n) is 22.0. The van der Waals surface area contributed by atoms with Crippen LogP contribution in [0.25, 0.3) is 131 Å². The monoisotopic (exact) mass is 843 g/mol. The summed E-state index contributed by atoms with van der Waals surface area (Å²) in [5, 5.41) is 12.1. The Morgan fingerprint density at radius 1 is 0.215 bits per heavy atom. The van der Waals surface area contributed by atoms with Gasteiger partial charge >= 0.3 is 0 Å². The summed E-state index contributed by atoms with van der Waals surface area (Å²) in [5.74, 6) is 1.95. The Balaban J connectivity index is 0.994. The van der Waals surface area contributed by atoms with Gasteiger partial charge in [0, 0.05) is 36.9 Å². The quantitative estimate of drug-likeness (QED) is 0.157. The topological polar surface area (TPSA) is 38.7 Å². The van der Waals surface area contributed by atoms with Gasteiger partial charge in [-0.25, -0.2) is 15.0 Å². The second-order valence-electron chi connectivity index (χ2n) is 16.6. The SMILES string of the molecule is c1ccc(-c2nc(-c3ccccc3)nc(-c3c4ccccc4c(-c4ccc5c(c4)sc4ccc(-c6c7ccccc7c(-c7ccccc7)c7ccccc67)cc45)c4ccccc34)n2)cc1. The van der Waals surface area contributed by atoms with Crippen LogP contribution in [0.3, 0.4) is 0 Å². The van der Waals surface area contributed by atoms with Gasteiger partial charge in [0.15, 0.2) is 17.5 Å². The van der Waals surface area contributed by atoms with E-state index in [1.807, 2.05) is 47.7 Å². The zero-order chi connectivity index (χ0) is 42.8. The zero-order valence-electron chi connectivity index (χ0n) is 35.1. The summed E-state index contributed by atoms with van der Waals surface area (Å²) in [5.41, 5.74) is 10.3. The highest BCUT2D eigenvalue weighted by atomic mass is 32.1. The molecule has 3 nitrogen and oxygen atoms in total. The van der Waals surface area contributed by atoms with Crippen molar-refractivity contribution in [1.29, 1.82) is 0 Å². The lowest BCUT2D eigenvalue weighted by atomic mass is 9.85. The maximum Gasteiger partial charge on any atom is 0.165 e. The van der Waals surface area contributed by atoms with E-state index in [0.717, 1.165) is 38.2 Å². The number of nitrogens with zero attached hydrogens (tertiary/aromatic N) is 3. The minimum Gasteiger partial charge on any atom is -0.208 e. The number of rotatable bonds is 6. The molecule has 2 heterocycles. The smallest absolute Gasteiger partial charge is 0.165 e. The predicted octanol–water partition coefficient (Wildman–Crippen LogP) is 16.9. The molecule has 0 fully saturated rings. The predicted molar refractivity (Wildman–Crippen MR) is 275 cm³/mol. The van der Waals surface area contributed by atoms with E-state index >= 15 is 0 Å². The van der Waals surface area contributed by atoms with Gasteiger partial charge in [0.05, 0.1) is 0 Å². The van der Waals surface area contributed by atoms with E-state index in [0.29, 0.717) is 17.5 Å². The van der Waals surface area contributed by atoms with Crippen molar-refractivity contribution >= 4 is 74.6 Å². The molecular formula is C61H37N3S. The molecule has 0 unspecified atom stereocenters. The summed E-state index contributed by atoms with van der Waals surface area (Å²) in [6.07, 6.45) is 0. The lowest BCUT2D eigenvalue weighted by molar-refractivity contribution is 1.08. The third kappa shape index (κ3) is 6.14. The van der Waals surface area contributed by atoms with Crippen molar-refractivity contribution < 1.29 is 0 Å². The molecule has 0 atom stereocenters. The molecule has 4 heteroatoms. The van der Waals surface area contributed by atoms with Crippen LogP contribution in [0, 0.1) is 0 Å². The number of thiophene rings is 1. The maximum atomic E-state index is 5.23. The molecule has 0 saturated carbocycles. The Kier molecular flexibility index (Phi) is 8.71. The highest BCUT2D eigenvalue weighted by Crippen LogP contribution is 2.48. The minimum absolute atomic E-state index is 0.649. The van der Waals surface area contributed by atoms with Crippen LogP contribution >= 0.6 is 11.3 Å². The van der Waals surface area contributed by atoms with Gasteiger partial charge in [-0.2, -0.15) is 0 Å². The van der Waals surface area contributed by atoms with Crippen LogP contribution in [0.5, 0.6) is 0 Å². The zero-order valence-corrected chi connectivity index (χ0v) is 35.9. The van der Waals surface area contributed by atoms with Gasteiger partial charge in [-0.1, -0.05) is 206 Å². The highest BCUT2D eigenvalue weighted by Gasteiger charge is 2.22. The number of hydrogen-bond donors (Lipinski definition) is 0. The molecule has 0 amide bonds. The molecule has 0 aliphatic heterocycles. The van der Waals surface area contributed by atoms with Crippen LogP contribution in [-0.4, -0.2) is 15.0 Å². The van der Waals surface area contributed by atoms with Crippen LogP contribution in [-0.2, 0) is 0 Å². The van der Waals surface area contributed by atoms with Crippen LogP contribution in [0.2, 0.25) is 0 Å². The standard InChI is InChI=1S/C61H37N3S/c1-4-18-38(19-5-1)55-44-24-10-12-26-46(44)56(47-27-13-11-25-45(47)55)41-33-35-53-52(36-41)43-34-32-42(37-54(43)65-53)57-48-28-14-16-30-50(48)58(51-31-17-15-29-49(51)57)61-63-59(39-20-6-2-7-21-39)62-60(64-61)40-22-8-3-9-23-40/h1-37H. The molecule has 11 aromatic carbocycles. The fourth-order valence-electron chi connectivity index (χ4n) is 10.0. The van der Waals surface area contributed by atoms with E-state index in [-0.39, 0.29) is 0 Å². The van der Waals surface area contributed by atoms with Crippen molar-refractivity contribution in [2.45, 2.75) is 0 Å². The molecule has 302 valence electrons. The van der Waals surface area contributed by atoms with Crippen molar-refractivity contribution in [3.05, 3.63) is 224 Å².